The summed E-state index contributed by atoms with van der Waals surface area (Å²) in [5.41, 5.74) is 0.772. The van der Waals surface area contributed by atoms with Crippen LogP contribution in [0.3, 0.4) is 0 Å². The lowest BCUT2D eigenvalue weighted by Gasteiger charge is -2.10. The highest BCUT2D eigenvalue weighted by atomic mass is 79.9. The van der Waals surface area contributed by atoms with E-state index in [-0.39, 0.29) is 5.56 Å². The Bertz CT molecular complexity index is 468. The molecule has 0 bridgehead atoms. The van der Waals surface area contributed by atoms with Gasteiger partial charge in [0.1, 0.15) is 4.47 Å². The van der Waals surface area contributed by atoms with Gasteiger partial charge in [0.25, 0.3) is 5.56 Å². The van der Waals surface area contributed by atoms with E-state index < -0.39 is 0 Å². The largest absolute Gasteiger partial charge is 0.383 e. The maximum Gasteiger partial charge on any atom is 0.283 e. The lowest BCUT2D eigenvalue weighted by molar-refractivity contribution is 0.541. The smallest absolute Gasteiger partial charge is 0.283 e. The van der Waals surface area contributed by atoms with E-state index in [1.54, 1.807) is 6.20 Å². The van der Waals surface area contributed by atoms with Crippen molar-refractivity contribution in [3.63, 3.8) is 0 Å². The van der Waals surface area contributed by atoms with E-state index in [1.807, 2.05) is 0 Å². The zero-order chi connectivity index (χ0) is 13.7. The van der Waals surface area contributed by atoms with E-state index >= 15 is 0 Å². The molecule has 0 unspecified atom stereocenters. The standard InChI is InChI=1S/C14H22BrN3O/c1-2-3-9-18-14(19)13(15)12(10-17-18)16-8-4-5-11-6-7-11/h10-11,16H,2-9H2,1H3. The molecule has 0 saturated heterocycles. The predicted molar refractivity (Wildman–Crippen MR) is 81.6 cm³/mol. The fourth-order valence-electron chi connectivity index (χ4n) is 2.08. The van der Waals surface area contributed by atoms with Crippen molar-refractivity contribution in [2.45, 2.75) is 52.0 Å². The molecule has 0 radical (unpaired) electrons. The fourth-order valence-corrected chi connectivity index (χ4v) is 2.52. The van der Waals surface area contributed by atoms with Crippen molar-refractivity contribution >= 4 is 21.6 Å². The topological polar surface area (TPSA) is 46.9 Å². The van der Waals surface area contributed by atoms with Crippen molar-refractivity contribution < 1.29 is 0 Å². The number of nitrogens with one attached hydrogen (secondary N) is 1. The van der Waals surface area contributed by atoms with Crippen LogP contribution in [-0.2, 0) is 6.54 Å². The van der Waals surface area contributed by atoms with Crippen LogP contribution in [0.15, 0.2) is 15.5 Å². The molecule has 1 aliphatic rings. The highest BCUT2D eigenvalue weighted by molar-refractivity contribution is 9.10. The molecule has 0 atom stereocenters. The number of aryl methyl sites for hydroxylation is 1. The third kappa shape index (κ3) is 4.34. The monoisotopic (exact) mass is 327 g/mol. The molecular formula is C14H22BrN3O. The first-order valence-corrected chi connectivity index (χ1v) is 8.01. The molecule has 1 aromatic heterocycles. The summed E-state index contributed by atoms with van der Waals surface area (Å²) < 4.78 is 2.13. The van der Waals surface area contributed by atoms with E-state index in [1.165, 1.54) is 23.9 Å². The molecular weight excluding hydrogens is 306 g/mol. The van der Waals surface area contributed by atoms with E-state index in [0.29, 0.717) is 11.0 Å². The normalized spacial score (nSPS) is 14.6. The second-order valence-electron chi connectivity index (χ2n) is 5.27. The molecule has 1 saturated carbocycles. The van der Waals surface area contributed by atoms with Crippen LogP contribution >= 0.6 is 15.9 Å². The Kier molecular flexibility index (Phi) is 5.43. The first-order valence-electron chi connectivity index (χ1n) is 7.22. The minimum Gasteiger partial charge on any atom is -0.383 e. The summed E-state index contributed by atoms with van der Waals surface area (Å²) in [5.74, 6) is 0.963. The van der Waals surface area contributed by atoms with Gasteiger partial charge < -0.3 is 5.32 Å². The van der Waals surface area contributed by atoms with Gasteiger partial charge in [-0.2, -0.15) is 5.10 Å². The van der Waals surface area contributed by atoms with Gasteiger partial charge in [-0.15, -0.1) is 0 Å². The van der Waals surface area contributed by atoms with Gasteiger partial charge in [-0.05, 0) is 41.1 Å². The molecule has 4 nitrogen and oxygen atoms in total. The number of nitrogens with zero attached hydrogens (tertiary/aromatic N) is 2. The van der Waals surface area contributed by atoms with Crippen LogP contribution in [0, 0.1) is 5.92 Å². The third-order valence-electron chi connectivity index (χ3n) is 3.51. The van der Waals surface area contributed by atoms with Crippen molar-refractivity contribution in [2.75, 3.05) is 11.9 Å². The lowest BCUT2D eigenvalue weighted by atomic mass is 10.2. The number of halogens is 1. The van der Waals surface area contributed by atoms with Gasteiger partial charge in [0.2, 0.25) is 0 Å². The minimum absolute atomic E-state index is 0.0411. The second kappa shape index (κ2) is 7.08. The fraction of sp³-hybridized carbons (Fsp3) is 0.714. The molecule has 106 valence electrons. The van der Waals surface area contributed by atoms with E-state index in [9.17, 15) is 4.79 Å². The summed E-state index contributed by atoms with van der Waals surface area (Å²) in [5, 5.41) is 7.51. The molecule has 0 aliphatic heterocycles. The van der Waals surface area contributed by atoms with E-state index in [4.69, 9.17) is 0 Å². The molecule has 0 spiro atoms. The molecule has 1 fully saturated rings. The zero-order valence-corrected chi connectivity index (χ0v) is 13.1. The van der Waals surface area contributed by atoms with E-state index in [2.05, 4.69) is 33.3 Å². The van der Waals surface area contributed by atoms with Gasteiger partial charge in [-0.25, -0.2) is 4.68 Å². The van der Waals surface area contributed by atoms with Crippen molar-refractivity contribution in [2.24, 2.45) is 5.92 Å². The number of hydrogen-bond donors (Lipinski definition) is 1. The van der Waals surface area contributed by atoms with Gasteiger partial charge in [0, 0.05) is 13.1 Å². The van der Waals surface area contributed by atoms with Crippen LogP contribution in [0.5, 0.6) is 0 Å². The Morgan fingerprint density at radius 3 is 2.95 bits per heavy atom. The highest BCUT2D eigenvalue weighted by Crippen LogP contribution is 2.33. The molecule has 1 aromatic rings. The van der Waals surface area contributed by atoms with Gasteiger partial charge in [0.15, 0.2) is 0 Å². The average Bonchev–Trinajstić information content (AvgIpc) is 3.22. The summed E-state index contributed by atoms with van der Waals surface area (Å²) in [7, 11) is 0. The number of rotatable bonds is 8. The van der Waals surface area contributed by atoms with E-state index in [0.717, 1.165) is 37.4 Å². The first-order chi connectivity index (χ1) is 9.22. The van der Waals surface area contributed by atoms with Crippen LogP contribution in [0.2, 0.25) is 0 Å². The third-order valence-corrected chi connectivity index (χ3v) is 4.28. The maximum absolute atomic E-state index is 12.1. The molecule has 19 heavy (non-hydrogen) atoms. The molecule has 0 aromatic carbocycles. The summed E-state index contributed by atoms with van der Waals surface area (Å²) in [4.78, 5) is 12.1. The number of aromatic nitrogens is 2. The number of unbranched alkanes of at least 4 members (excludes halogenated alkanes) is 1. The summed E-state index contributed by atoms with van der Waals surface area (Å²) in [6, 6.07) is 0. The number of anilines is 1. The van der Waals surface area contributed by atoms with Crippen LogP contribution in [0.1, 0.15) is 45.4 Å². The zero-order valence-electron chi connectivity index (χ0n) is 11.5. The Balaban J connectivity index is 1.89. The highest BCUT2D eigenvalue weighted by Gasteiger charge is 2.20. The van der Waals surface area contributed by atoms with Crippen LogP contribution in [0.4, 0.5) is 5.69 Å². The van der Waals surface area contributed by atoms with Gasteiger partial charge in [-0.3, -0.25) is 4.79 Å². The van der Waals surface area contributed by atoms with Crippen LogP contribution in [0.25, 0.3) is 0 Å². The SMILES string of the molecule is CCCCn1ncc(NCCCC2CC2)c(Br)c1=O. The van der Waals surface area contributed by atoms with Crippen LogP contribution < -0.4 is 10.9 Å². The quantitative estimate of drug-likeness (QED) is 0.744. The molecule has 5 heteroatoms. The number of hydrogen-bond acceptors (Lipinski definition) is 3. The predicted octanol–water partition coefficient (Wildman–Crippen LogP) is 3.41. The van der Waals surface area contributed by atoms with Gasteiger partial charge in [-0.1, -0.05) is 26.2 Å². The molecule has 1 N–H and O–H groups in total. The average molecular weight is 328 g/mol. The van der Waals surface area contributed by atoms with Gasteiger partial charge >= 0.3 is 0 Å². The maximum atomic E-state index is 12.1. The molecule has 1 heterocycles. The molecule has 0 amide bonds. The summed E-state index contributed by atoms with van der Waals surface area (Å²) in [6.07, 6.45) is 9.05. The molecule has 2 rings (SSSR count). The van der Waals surface area contributed by atoms with Crippen molar-refractivity contribution in [1.82, 2.24) is 9.78 Å². The van der Waals surface area contributed by atoms with Gasteiger partial charge in [0.05, 0.1) is 11.9 Å². The first kappa shape index (κ1) is 14.6. The van der Waals surface area contributed by atoms with Crippen molar-refractivity contribution in [3.05, 3.63) is 21.0 Å². The van der Waals surface area contributed by atoms with Crippen molar-refractivity contribution in [1.29, 1.82) is 0 Å². The Morgan fingerprint density at radius 1 is 1.47 bits per heavy atom. The van der Waals surface area contributed by atoms with Crippen LogP contribution in [-0.4, -0.2) is 16.3 Å². The van der Waals surface area contributed by atoms with Crippen molar-refractivity contribution in [3.8, 4) is 0 Å². The lowest BCUT2D eigenvalue weighted by Crippen LogP contribution is -2.24. The Labute approximate surface area is 122 Å². The summed E-state index contributed by atoms with van der Waals surface area (Å²) in [6.45, 7) is 3.71. The minimum atomic E-state index is -0.0411. The Hall–Kier alpha value is -0.840. The second-order valence-corrected chi connectivity index (χ2v) is 6.06. The Morgan fingerprint density at radius 2 is 2.26 bits per heavy atom. The summed E-state index contributed by atoms with van der Waals surface area (Å²) >= 11 is 3.38. The molecule has 1 aliphatic carbocycles.